The minimum Gasteiger partial charge on any atom is -0.492 e. The molecule has 0 aromatic heterocycles. The molecular weight excluding hydrogens is 330 g/mol. The Morgan fingerprint density at radius 3 is 2.62 bits per heavy atom. The maximum Gasteiger partial charge on any atom is 0.133 e. The number of halogens is 1. The van der Waals surface area contributed by atoms with Gasteiger partial charge in [0.1, 0.15) is 5.75 Å². The minimum absolute atomic E-state index is 0.737. The molecule has 0 saturated heterocycles. The molecule has 4 heteroatoms. The largest absolute Gasteiger partial charge is 0.492 e. The normalized spacial score (nSPS) is 10.8. The maximum atomic E-state index is 5.83. The van der Waals surface area contributed by atoms with Crippen LogP contribution in [0, 0.1) is 0 Å². The minimum atomic E-state index is 0.737. The fourth-order valence-corrected chi connectivity index (χ4v) is 2.61. The molecule has 0 heterocycles. The standard InChI is InChI=1S/C17H28BrNO2/c1-3-4-5-6-7-11-21-17-9-8-15(13-16(17)18)14-19-10-12-20-2/h8-9,13,19H,3-7,10-12,14H2,1-2H3. The van der Waals surface area contributed by atoms with Crippen molar-refractivity contribution in [2.75, 3.05) is 26.9 Å². The van der Waals surface area contributed by atoms with E-state index in [0.717, 1.165) is 42.9 Å². The van der Waals surface area contributed by atoms with E-state index in [1.54, 1.807) is 7.11 Å². The second-order valence-corrected chi connectivity index (χ2v) is 6.05. The number of rotatable bonds is 12. The molecule has 3 nitrogen and oxygen atoms in total. The van der Waals surface area contributed by atoms with E-state index in [1.165, 1.54) is 31.2 Å². The van der Waals surface area contributed by atoms with Crippen LogP contribution >= 0.6 is 15.9 Å². The van der Waals surface area contributed by atoms with Gasteiger partial charge in [0, 0.05) is 20.2 Å². The number of methoxy groups -OCH3 is 1. The molecule has 1 aromatic carbocycles. The Balaban J connectivity index is 2.26. The molecule has 0 aliphatic heterocycles. The van der Waals surface area contributed by atoms with Crippen LogP contribution in [0.25, 0.3) is 0 Å². The highest BCUT2D eigenvalue weighted by molar-refractivity contribution is 9.10. The van der Waals surface area contributed by atoms with Gasteiger partial charge in [0.15, 0.2) is 0 Å². The average molecular weight is 358 g/mol. The van der Waals surface area contributed by atoms with Crippen LogP contribution in [-0.2, 0) is 11.3 Å². The van der Waals surface area contributed by atoms with Crippen LogP contribution in [0.5, 0.6) is 5.75 Å². The summed E-state index contributed by atoms with van der Waals surface area (Å²) in [5, 5.41) is 3.33. The summed E-state index contributed by atoms with van der Waals surface area (Å²) in [5.41, 5.74) is 1.24. The zero-order valence-corrected chi connectivity index (χ0v) is 14.9. The molecule has 1 N–H and O–H groups in total. The molecule has 0 unspecified atom stereocenters. The van der Waals surface area contributed by atoms with Gasteiger partial charge in [0.2, 0.25) is 0 Å². The van der Waals surface area contributed by atoms with Gasteiger partial charge in [0.05, 0.1) is 17.7 Å². The van der Waals surface area contributed by atoms with Gasteiger partial charge < -0.3 is 14.8 Å². The molecule has 0 amide bonds. The first-order chi connectivity index (χ1) is 10.3. The van der Waals surface area contributed by atoms with E-state index in [-0.39, 0.29) is 0 Å². The predicted octanol–water partition coefficient (Wildman–Crippen LogP) is 4.53. The lowest BCUT2D eigenvalue weighted by Crippen LogP contribution is -2.18. The molecule has 0 fully saturated rings. The fraction of sp³-hybridized carbons (Fsp3) is 0.647. The summed E-state index contributed by atoms with van der Waals surface area (Å²) in [6, 6.07) is 6.27. The van der Waals surface area contributed by atoms with Crippen LogP contribution in [0.3, 0.4) is 0 Å². The Kier molecular flexibility index (Phi) is 10.6. The van der Waals surface area contributed by atoms with Crippen molar-refractivity contribution < 1.29 is 9.47 Å². The van der Waals surface area contributed by atoms with Crippen LogP contribution in [0.4, 0.5) is 0 Å². The van der Waals surface area contributed by atoms with Crippen LogP contribution < -0.4 is 10.1 Å². The van der Waals surface area contributed by atoms with E-state index in [9.17, 15) is 0 Å². The molecule has 0 radical (unpaired) electrons. The second-order valence-electron chi connectivity index (χ2n) is 5.20. The molecule has 21 heavy (non-hydrogen) atoms. The molecule has 1 aromatic rings. The van der Waals surface area contributed by atoms with Gasteiger partial charge in [-0.05, 0) is 40.0 Å². The Labute approximate surface area is 137 Å². The molecule has 0 saturated carbocycles. The first kappa shape index (κ1) is 18.5. The molecule has 0 aliphatic rings. The van der Waals surface area contributed by atoms with Crippen molar-refractivity contribution >= 4 is 15.9 Å². The number of hydrogen-bond donors (Lipinski definition) is 1. The first-order valence-corrected chi connectivity index (χ1v) is 8.68. The van der Waals surface area contributed by atoms with Gasteiger partial charge in [-0.25, -0.2) is 0 Å². The van der Waals surface area contributed by atoms with Crippen LogP contribution in [-0.4, -0.2) is 26.9 Å². The zero-order valence-electron chi connectivity index (χ0n) is 13.3. The Morgan fingerprint density at radius 2 is 1.90 bits per heavy atom. The Hall–Kier alpha value is -0.580. The van der Waals surface area contributed by atoms with E-state index in [0.29, 0.717) is 0 Å². The van der Waals surface area contributed by atoms with Crippen molar-refractivity contribution in [3.63, 3.8) is 0 Å². The average Bonchev–Trinajstić information content (AvgIpc) is 2.49. The lowest BCUT2D eigenvalue weighted by atomic mass is 10.2. The van der Waals surface area contributed by atoms with Gasteiger partial charge in [0.25, 0.3) is 0 Å². The van der Waals surface area contributed by atoms with Crippen molar-refractivity contribution in [3.8, 4) is 5.75 Å². The van der Waals surface area contributed by atoms with Crippen LogP contribution in [0.2, 0.25) is 0 Å². The quantitative estimate of drug-likeness (QED) is 0.557. The topological polar surface area (TPSA) is 30.5 Å². The van der Waals surface area contributed by atoms with Crippen LogP contribution in [0.1, 0.15) is 44.6 Å². The third kappa shape index (κ3) is 8.44. The van der Waals surface area contributed by atoms with Gasteiger partial charge in [-0.2, -0.15) is 0 Å². The summed E-state index contributed by atoms with van der Waals surface area (Å²) in [5.74, 6) is 0.936. The predicted molar refractivity (Wildman–Crippen MR) is 92.0 cm³/mol. The summed E-state index contributed by atoms with van der Waals surface area (Å²) >= 11 is 3.59. The number of nitrogens with one attached hydrogen (secondary N) is 1. The molecule has 0 bridgehead atoms. The Morgan fingerprint density at radius 1 is 1.10 bits per heavy atom. The van der Waals surface area contributed by atoms with Crippen molar-refractivity contribution in [2.24, 2.45) is 0 Å². The number of benzene rings is 1. The fourth-order valence-electron chi connectivity index (χ4n) is 2.07. The second kappa shape index (κ2) is 12.0. The molecular formula is C17H28BrNO2. The lowest BCUT2D eigenvalue weighted by Gasteiger charge is -2.10. The van der Waals surface area contributed by atoms with E-state index >= 15 is 0 Å². The van der Waals surface area contributed by atoms with E-state index in [1.807, 2.05) is 6.07 Å². The van der Waals surface area contributed by atoms with Crippen molar-refractivity contribution in [2.45, 2.75) is 45.6 Å². The molecule has 1 rings (SSSR count). The Bertz CT molecular complexity index is 385. The maximum absolute atomic E-state index is 5.83. The zero-order chi connectivity index (χ0) is 15.3. The van der Waals surface area contributed by atoms with Gasteiger partial charge in [-0.15, -0.1) is 0 Å². The number of unbranched alkanes of at least 4 members (excludes halogenated alkanes) is 4. The lowest BCUT2D eigenvalue weighted by molar-refractivity contribution is 0.199. The summed E-state index contributed by atoms with van der Waals surface area (Å²) < 4.78 is 11.9. The van der Waals surface area contributed by atoms with Crippen molar-refractivity contribution in [1.82, 2.24) is 5.32 Å². The summed E-state index contributed by atoms with van der Waals surface area (Å²) in [6.07, 6.45) is 6.31. The summed E-state index contributed by atoms with van der Waals surface area (Å²) in [4.78, 5) is 0. The molecule has 0 atom stereocenters. The molecule has 120 valence electrons. The monoisotopic (exact) mass is 357 g/mol. The highest BCUT2D eigenvalue weighted by Crippen LogP contribution is 2.26. The van der Waals surface area contributed by atoms with Crippen molar-refractivity contribution in [1.29, 1.82) is 0 Å². The first-order valence-electron chi connectivity index (χ1n) is 7.88. The smallest absolute Gasteiger partial charge is 0.133 e. The highest BCUT2D eigenvalue weighted by Gasteiger charge is 2.03. The van der Waals surface area contributed by atoms with Gasteiger partial charge >= 0.3 is 0 Å². The van der Waals surface area contributed by atoms with Gasteiger partial charge in [-0.3, -0.25) is 0 Å². The highest BCUT2D eigenvalue weighted by atomic mass is 79.9. The van der Waals surface area contributed by atoms with Crippen molar-refractivity contribution in [3.05, 3.63) is 28.2 Å². The summed E-state index contributed by atoms with van der Waals surface area (Å²) in [7, 11) is 1.71. The van der Waals surface area contributed by atoms with Crippen LogP contribution in [0.15, 0.2) is 22.7 Å². The number of ether oxygens (including phenoxy) is 2. The molecule has 0 aliphatic carbocycles. The summed E-state index contributed by atoms with van der Waals surface area (Å²) in [6.45, 7) is 5.48. The third-order valence-corrected chi connectivity index (χ3v) is 3.93. The molecule has 0 spiro atoms. The van der Waals surface area contributed by atoms with E-state index < -0.39 is 0 Å². The van der Waals surface area contributed by atoms with Gasteiger partial charge in [-0.1, -0.05) is 38.7 Å². The van der Waals surface area contributed by atoms with E-state index in [2.05, 4.69) is 40.3 Å². The number of hydrogen-bond acceptors (Lipinski definition) is 3. The third-order valence-electron chi connectivity index (χ3n) is 3.31. The SMILES string of the molecule is CCCCCCCOc1ccc(CNCCOC)cc1Br. The van der Waals surface area contributed by atoms with E-state index in [4.69, 9.17) is 9.47 Å².